The second-order valence-electron chi connectivity index (χ2n) is 9.11. The number of rotatable bonds is 4. The van der Waals surface area contributed by atoms with Gasteiger partial charge in [-0.15, -0.1) is 0 Å². The Morgan fingerprint density at radius 1 is 1.00 bits per heavy atom. The van der Waals surface area contributed by atoms with E-state index in [1.165, 1.54) is 17.6 Å². The van der Waals surface area contributed by atoms with Crippen LogP contribution in [0, 0.1) is 5.92 Å². The van der Waals surface area contributed by atoms with Crippen molar-refractivity contribution in [3.05, 3.63) is 23.8 Å². The summed E-state index contributed by atoms with van der Waals surface area (Å²) in [4.78, 5) is 26.7. The van der Waals surface area contributed by atoms with Crippen molar-refractivity contribution in [3.8, 4) is 0 Å². The van der Waals surface area contributed by atoms with Crippen molar-refractivity contribution in [2.24, 2.45) is 5.92 Å². The van der Waals surface area contributed by atoms with E-state index in [0.717, 1.165) is 56.2 Å². The van der Waals surface area contributed by atoms with E-state index in [0.29, 0.717) is 19.5 Å². The van der Waals surface area contributed by atoms with Crippen LogP contribution in [-0.4, -0.2) is 50.2 Å². The van der Waals surface area contributed by atoms with Crippen molar-refractivity contribution in [2.45, 2.75) is 75.6 Å². The maximum Gasteiger partial charge on any atom is 0.243 e. The summed E-state index contributed by atoms with van der Waals surface area (Å²) in [5.74, 6) is -0.329. The first kappa shape index (κ1) is 22.3. The van der Waals surface area contributed by atoms with Crippen LogP contribution in [0.15, 0.2) is 23.1 Å². The van der Waals surface area contributed by atoms with Gasteiger partial charge in [0.15, 0.2) is 0 Å². The van der Waals surface area contributed by atoms with Crippen LogP contribution in [-0.2, 0) is 26.0 Å². The van der Waals surface area contributed by atoms with Crippen LogP contribution < -0.4 is 10.2 Å². The third-order valence-electron chi connectivity index (χ3n) is 6.89. The van der Waals surface area contributed by atoms with Crippen molar-refractivity contribution in [1.29, 1.82) is 0 Å². The number of hydrogen-bond donors (Lipinski definition) is 1. The fourth-order valence-corrected chi connectivity index (χ4v) is 6.73. The lowest BCUT2D eigenvalue weighted by Gasteiger charge is -2.33. The predicted octanol–water partition coefficient (Wildman–Crippen LogP) is 2.84. The lowest BCUT2D eigenvalue weighted by molar-refractivity contribution is -0.127. The number of anilines is 1. The monoisotopic (exact) mass is 447 g/mol. The predicted molar refractivity (Wildman–Crippen MR) is 119 cm³/mol. The van der Waals surface area contributed by atoms with E-state index in [4.69, 9.17) is 0 Å². The molecule has 8 heteroatoms. The number of carbonyl (C=O) groups is 2. The molecular formula is C23H33N3O4S. The summed E-state index contributed by atoms with van der Waals surface area (Å²) >= 11 is 0. The molecule has 2 amide bonds. The molecule has 170 valence electrons. The minimum absolute atomic E-state index is 0.00524. The zero-order valence-electron chi connectivity index (χ0n) is 18.3. The van der Waals surface area contributed by atoms with Crippen molar-refractivity contribution < 1.29 is 18.0 Å². The number of aryl methyl sites for hydroxylation is 1. The number of nitrogens with one attached hydrogen (secondary N) is 1. The number of piperidine rings is 1. The number of hydrogen-bond acceptors (Lipinski definition) is 4. The molecule has 3 aliphatic rings. The summed E-state index contributed by atoms with van der Waals surface area (Å²) in [6.07, 6.45) is 8.56. The molecule has 1 aromatic rings. The highest BCUT2D eigenvalue weighted by atomic mass is 32.2. The fraction of sp³-hybridized carbons (Fsp3) is 0.652. The van der Waals surface area contributed by atoms with Crippen LogP contribution in [0.5, 0.6) is 0 Å². The highest BCUT2D eigenvalue weighted by Crippen LogP contribution is 2.32. The van der Waals surface area contributed by atoms with Gasteiger partial charge in [-0.2, -0.15) is 4.31 Å². The van der Waals surface area contributed by atoms with Gasteiger partial charge in [0, 0.05) is 38.3 Å². The van der Waals surface area contributed by atoms with Gasteiger partial charge in [-0.25, -0.2) is 8.42 Å². The zero-order valence-corrected chi connectivity index (χ0v) is 19.1. The topological polar surface area (TPSA) is 86.8 Å². The SMILES string of the molecule is CC(=O)N1CCCc2cc(S(=O)(=O)N3CCCC(C(=O)NC4CCCCC4)C3)ccc21. The number of fused-ring (bicyclic) bond motifs is 1. The number of amides is 2. The van der Waals surface area contributed by atoms with Crippen molar-refractivity contribution in [2.75, 3.05) is 24.5 Å². The highest BCUT2D eigenvalue weighted by Gasteiger charge is 2.34. The van der Waals surface area contributed by atoms with Crippen molar-refractivity contribution in [3.63, 3.8) is 0 Å². The van der Waals surface area contributed by atoms with Gasteiger partial charge in [0.2, 0.25) is 21.8 Å². The van der Waals surface area contributed by atoms with E-state index in [1.54, 1.807) is 23.1 Å². The standard InChI is InChI=1S/C23H33N3O4S/c1-17(27)26-14-6-7-18-15-21(11-12-22(18)26)31(29,30)25-13-5-8-19(16-25)23(28)24-20-9-3-2-4-10-20/h11-12,15,19-20H,2-10,13-14,16H2,1H3,(H,24,28). The maximum absolute atomic E-state index is 13.4. The van der Waals surface area contributed by atoms with E-state index in [2.05, 4.69) is 5.32 Å². The molecule has 2 heterocycles. The first-order chi connectivity index (χ1) is 14.9. The first-order valence-corrected chi connectivity index (χ1v) is 13.0. The average molecular weight is 448 g/mol. The quantitative estimate of drug-likeness (QED) is 0.769. The first-order valence-electron chi connectivity index (χ1n) is 11.6. The molecule has 1 atom stereocenters. The molecule has 7 nitrogen and oxygen atoms in total. The van der Waals surface area contributed by atoms with Crippen LogP contribution in [0.25, 0.3) is 0 Å². The molecule has 0 spiro atoms. The molecule has 1 aliphatic carbocycles. The van der Waals surface area contributed by atoms with Crippen LogP contribution in [0.2, 0.25) is 0 Å². The Morgan fingerprint density at radius 3 is 2.52 bits per heavy atom. The van der Waals surface area contributed by atoms with Gasteiger partial charge >= 0.3 is 0 Å². The van der Waals surface area contributed by atoms with E-state index in [-0.39, 0.29) is 35.2 Å². The molecule has 1 aromatic carbocycles. The summed E-state index contributed by atoms with van der Waals surface area (Å²) in [5, 5.41) is 3.16. The van der Waals surface area contributed by atoms with Crippen molar-refractivity contribution >= 4 is 27.5 Å². The van der Waals surface area contributed by atoms with Gasteiger partial charge in [-0.05, 0) is 62.3 Å². The maximum atomic E-state index is 13.4. The third kappa shape index (κ3) is 4.80. The van der Waals surface area contributed by atoms with Gasteiger partial charge in [-0.1, -0.05) is 19.3 Å². The molecule has 0 aromatic heterocycles. The van der Waals surface area contributed by atoms with Gasteiger partial charge in [0.25, 0.3) is 0 Å². The molecule has 1 saturated heterocycles. The summed E-state index contributed by atoms with van der Waals surface area (Å²) < 4.78 is 28.2. The number of sulfonamides is 1. The normalized spacial score (nSPS) is 23.3. The lowest BCUT2D eigenvalue weighted by Crippen LogP contribution is -2.47. The van der Waals surface area contributed by atoms with E-state index in [9.17, 15) is 18.0 Å². The summed E-state index contributed by atoms with van der Waals surface area (Å²) in [6, 6.07) is 5.30. The Kier molecular flexibility index (Phi) is 6.67. The van der Waals surface area contributed by atoms with Crippen LogP contribution >= 0.6 is 0 Å². The van der Waals surface area contributed by atoms with E-state index in [1.807, 2.05) is 0 Å². The molecule has 2 fully saturated rings. The molecule has 0 bridgehead atoms. The molecule has 1 N–H and O–H groups in total. The minimum Gasteiger partial charge on any atom is -0.353 e. The summed E-state index contributed by atoms with van der Waals surface area (Å²) in [5.41, 5.74) is 1.70. The summed E-state index contributed by atoms with van der Waals surface area (Å²) in [7, 11) is -3.68. The molecule has 2 aliphatic heterocycles. The highest BCUT2D eigenvalue weighted by molar-refractivity contribution is 7.89. The molecular weight excluding hydrogens is 414 g/mol. The Morgan fingerprint density at radius 2 is 1.77 bits per heavy atom. The molecule has 0 radical (unpaired) electrons. The number of nitrogens with zero attached hydrogens (tertiary/aromatic N) is 2. The molecule has 4 rings (SSSR count). The van der Waals surface area contributed by atoms with Crippen LogP contribution in [0.1, 0.15) is 63.9 Å². The van der Waals surface area contributed by atoms with Crippen molar-refractivity contribution in [1.82, 2.24) is 9.62 Å². The van der Waals surface area contributed by atoms with E-state index < -0.39 is 10.0 Å². The minimum atomic E-state index is -3.68. The van der Waals surface area contributed by atoms with E-state index >= 15 is 0 Å². The number of carbonyl (C=O) groups excluding carboxylic acids is 2. The van der Waals surface area contributed by atoms with Gasteiger partial charge < -0.3 is 10.2 Å². The van der Waals surface area contributed by atoms with Gasteiger partial charge in [-0.3, -0.25) is 9.59 Å². The second-order valence-corrected chi connectivity index (χ2v) is 11.0. The molecule has 1 saturated carbocycles. The third-order valence-corrected chi connectivity index (χ3v) is 8.76. The Balaban J connectivity index is 1.48. The molecule has 1 unspecified atom stereocenters. The van der Waals surface area contributed by atoms with Gasteiger partial charge in [0.05, 0.1) is 10.8 Å². The lowest BCUT2D eigenvalue weighted by atomic mass is 9.93. The second kappa shape index (κ2) is 9.28. The summed E-state index contributed by atoms with van der Waals surface area (Å²) in [6.45, 7) is 2.87. The Labute approximate surface area is 185 Å². The Hall–Kier alpha value is -1.93. The molecule has 31 heavy (non-hydrogen) atoms. The van der Waals surface area contributed by atoms with Gasteiger partial charge in [0.1, 0.15) is 0 Å². The largest absolute Gasteiger partial charge is 0.353 e. The smallest absolute Gasteiger partial charge is 0.243 e. The fourth-order valence-electron chi connectivity index (χ4n) is 5.15. The Bertz CT molecular complexity index is 940. The zero-order chi connectivity index (χ0) is 22.0. The average Bonchev–Trinajstić information content (AvgIpc) is 2.79. The number of benzene rings is 1. The van der Waals surface area contributed by atoms with Crippen LogP contribution in [0.4, 0.5) is 5.69 Å². The van der Waals surface area contributed by atoms with Crippen LogP contribution in [0.3, 0.4) is 0 Å².